The number of ketones is 1. The van der Waals surface area contributed by atoms with E-state index in [0.717, 1.165) is 31.0 Å². The molecule has 10 nitrogen and oxygen atoms in total. The van der Waals surface area contributed by atoms with Crippen LogP contribution in [0.4, 0.5) is 0 Å². The first-order valence-electron chi connectivity index (χ1n) is 7.55. The minimum Gasteiger partial charge on any atom is -0.352 e. The maximum Gasteiger partial charge on any atom is 0.413 e. The van der Waals surface area contributed by atoms with Gasteiger partial charge in [-0.15, -0.1) is 5.06 Å². The van der Waals surface area contributed by atoms with Gasteiger partial charge in [0.25, 0.3) is 0 Å². The van der Waals surface area contributed by atoms with Gasteiger partial charge in [-0.1, -0.05) is 0 Å². The topological polar surface area (TPSA) is 128 Å². The molecule has 130 valence electrons. The van der Waals surface area contributed by atoms with Gasteiger partial charge in [-0.25, -0.2) is 0 Å². The van der Waals surface area contributed by atoms with E-state index in [2.05, 4.69) is 14.9 Å². The zero-order chi connectivity index (χ0) is 16.6. The Labute approximate surface area is 134 Å². The molecule has 23 heavy (non-hydrogen) atoms. The van der Waals surface area contributed by atoms with Gasteiger partial charge in [0.15, 0.2) is 5.78 Å². The minimum absolute atomic E-state index is 0.00675. The van der Waals surface area contributed by atoms with Gasteiger partial charge in [-0.05, 0) is 25.9 Å². The standard InChI is InChI=1S/C12H20N4O6S/c17-11-5-9(12(18)14-8-1-3-13-4-2-8)15-6-10(11)16(7-15)22-23(19,20)21/h8-10,13H,1-7H2,(H,14,18)(H,19,20,21). The monoisotopic (exact) mass is 348 g/mol. The van der Waals surface area contributed by atoms with Crippen molar-refractivity contribution in [3.63, 3.8) is 0 Å². The van der Waals surface area contributed by atoms with Crippen molar-refractivity contribution < 1.29 is 26.8 Å². The number of rotatable bonds is 4. The first-order valence-corrected chi connectivity index (χ1v) is 8.91. The van der Waals surface area contributed by atoms with Crippen molar-refractivity contribution in [1.29, 1.82) is 0 Å². The van der Waals surface area contributed by atoms with Crippen molar-refractivity contribution >= 4 is 22.1 Å². The van der Waals surface area contributed by atoms with E-state index < -0.39 is 22.5 Å². The highest BCUT2D eigenvalue weighted by Crippen LogP contribution is 2.27. The lowest BCUT2D eigenvalue weighted by molar-refractivity contribution is -0.137. The number of fused-ring (bicyclic) bond motifs is 2. The summed E-state index contributed by atoms with van der Waals surface area (Å²) < 4.78 is 34.9. The van der Waals surface area contributed by atoms with Crippen LogP contribution in [0.15, 0.2) is 0 Å². The molecule has 0 aromatic carbocycles. The fourth-order valence-electron chi connectivity index (χ4n) is 3.31. The highest BCUT2D eigenvalue weighted by atomic mass is 32.3. The lowest BCUT2D eigenvalue weighted by Crippen LogP contribution is -2.54. The van der Waals surface area contributed by atoms with Crippen molar-refractivity contribution in [3.8, 4) is 0 Å². The van der Waals surface area contributed by atoms with Crippen LogP contribution in [0, 0.1) is 0 Å². The number of nitrogens with one attached hydrogen (secondary N) is 2. The molecule has 3 saturated heterocycles. The zero-order valence-corrected chi connectivity index (χ0v) is 13.3. The van der Waals surface area contributed by atoms with Gasteiger partial charge >= 0.3 is 10.4 Å². The smallest absolute Gasteiger partial charge is 0.352 e. The molecule has 2 bridgehead atoms. The Morgan fingerprint density at radius 1 is 1.35 bits per heavy atom. The second kappa shape index (κ2) is 6.42. The van der Waals surface area contributed by atoms with Crippen LogP contribution in [-0.4, -0.2) is 79.1 Å². The van der Waals surface area contributed by atoms with Crippen molar-refractivity contribution in [2.75, 3.05) is 26.3 Å². The van der Waals surface area contributed by atoms with E-state index >= 15 is 0 Å². The summed E-state index contributed by atoms with van der Waals surface area (Å²) in [5.74, 6) is -0.495. The quantitative estimate of drug-likeness (QED) is 0.488. The van der Waals surface area contributed by atoms with E-state index in [4.69, 9.17) is 4.55 Å². The van der Waals surface area contributed by atoms with Gasteiger partial charge in [0.1, 0.15) is 6.04 Å². The number of hydrogen-bond acceptors (Lipinski definition) is 8. The molecule has 3 atom stereocenters. The fourth-order valence-corrected chi connectivity index (χ4v) is 3.70. The molecule has 3 fully saturated rings. The third-order valence-corrected chi connectivity index (χ3v) is 4.84. The van der Waals surface area contributed by atoms with Crippen LogP contribution >= 0.6 is 0 Å². The summed E-state index contributed by atoms with van der Waals surface area (Å²) in [6.07, 6.45) is 1.69. The predicted molar refractivity (Wildman–Crippen MR) is 77.3 cm³/mol. The Morgan fingerprint density at radius 3 is 2.70 bits per heavy atom. The molecule has 0 radical (unpaired) electrons. The van der Waals surface area contributed by atoms with Crippen LogP contribution in [0.25, 0.3) is 0 Å². The predicted octanol–water partition coefficient (Wildman–Crippen LogP) is -2.13. The average molecular weight is 348 g/mol. The number of carbonyl (C=O) groups is 2. The maximum absolute atomic E-state index is 12.4. The molecule has 11 heteroatoms. The van der Waals surface area contributed by atoms with E-state index in [0.29, 0.717) is 0 Å². The number of hydroxylamine groups is 2. The van der Waals surface area contributed by atoms with Crippen LogP contribution < -0.4 is 10.6 Å². The van der Waals surface area contributed by atoms with Gasteiger partial charge in [0, 0.05) is 19.0 Å². The molecule has 0 saturated carbocycles. The second-order valence-electron chi connectivity index (χ2n) is 6.07. The molecule has 0 aromatic heterocycles. The number of piperidine rings is 2. The van der Waals surface area contributed by atoms with Gasteiger partial charge in [-0.3, -0.25) is 19.0 Å². The minimum atomic E-state index is -4.69. The number of hydrogen-bond donors (Lipinski definition) is 3. The van der Waals surface area contributed by atoms with E-state index in [1.165, 1.54) is 0 Å². The van der Waals surface area contributed by atoms with Crippen LogP contribution in [0.5, 0.6) is 0 Å². The first kappa shape index (κ1) is 16.7. The Kier molecular flexibility index (Phi) is 4.67. The maximum atomic E-state index is 12.4. The van der Waals surface area contributed by atoms with Crippen LogP contribution in [0.2, 0.25) is 0 Å². The zero-order valence-electron chi connectivity index (χ0n) is 12.5. The Balaban J connectivity index is 1.64. The third kappa shape index (κ3) is 3.87. The molecule has 0 aliphatic carbocycles. The first-order chi connectivity index (χ1) is 10.8. The summed E-state index contributed by atoms with van der Waals surface area (Å²) in [6.45, 7) is 1.87. The molecule has 3 aliphatic rings. The Morgan fingerprint density at radius 2 is 2.04 bits per heavy atom. The molecular weight excluding hydrogens is 328 g/mol. The molecule has 1 amide bonds. The third-order valence-electron chi connectivity index (χ3n) is 4.46. The molecule has 3 N–H and O–H groups in total. The summed E-state index contributed by atoms with van der Waals surface area (Å²) in [4.78, 5) is 26.3. The van der Waals surface area contributed by atoms with Crippen molar-refractivity contribution in [1.82, 2.24) is 20.6 Å². The van der Waals surface area contributed by atoms with Gasteiger partial charge in [0.05, 0.1) is 12.7 Å². The van der Waals surface area contributed by atoms with E-state index in [1.54, 1.807) is 4.90 Å². The van der Waals surface area contributed by atoms with Gasteiger partial charge in [-0.2, -0.15) is 12.7 Å². The summed E-state index contributed by atoms with van der Waals surface area (Å²) in [5.41, 5.74) is 0. The lowest BCUT2D eigenvalue weighted by atomic mass is 9.98. The molecule has 0 aromatic rings. The SMILES string of the molecule is O=C(NC1CCNCC1)C1CC(=O)C2CN1CN2OS(=O)(=O)O. The highest BCUT2D eigenvalue weighted by Gasteiger charge is 2.48. The van der Waals surface area contributed by atoms with Crippen molar-refractivity contribution in [3.05, 3.63) is 0 Å². The average Bonchev–Trinajstić information content (AvgIpc) is 2.81. The number of amides is 1. The molecular formula is C12H20N4O6S. The summed E-state index contributed by atoms with van der Waals surface area (Å²) >= 11 is 0. The molecule has 3 rings (SSSR count). The lowest BCUT2D eigenvalue weighted by Gasteiger charge is -2.31. The number of Topliss-reactive ketones (excluding diaryl/α,β-unsaturated/α-hetero) is 1. The Hall–Kier alpha value is -1.11. The largest absolute Gasteiger partial charge is 0.413 e. The van der Waals surface area contributed by atoms with E-state index in [9.17, 15) is 18.0 Å². The summed E-state index contributed by atoms with van der Waals surface area (Å²) in [6, 6.07) is -1.33. The normalized spacial score (nSPS) is 32.9. The molecule has 0 spiro atoms. The van der Waals surface area contributed by atoms with Crippen molar-refractivity contribution in [2.24, 2.45) is 0 Å². The van der Waals surface area contributed by atoms with Crippen LogP contribution in [0.1, 0.15) is 19.3 Å². The van der Waals surface area contributed by atoms with Gasteiger partial charge in [0.2, 0.25) is 5.91 Å². The van der Waals surface area contributed by atoms with Crippen LogP contribution in [0.3, 0.4) is 0 Å². The second-order valence-corrected chi connectivity index (χ2v) is 7.07. The molecule has 3 aliphatic heterocycles. The highest BCUT2D eigenvalue weighted by molar-refractivity contribution is 7.80. The van der Waals surface area contributed by atoms with Crippen molar-refractivity contribution in [2.45, 2.75) is 37.4 Å². The fraction of sp³-hybridized carbons (Fsp3) is 0.833. The van der Waals surface area contributed by atoms with E-state index in [1.807, 2.05) is 0 Å². The molecule has 3 heterocycles. The molecule has 3 unspecified atom stereocenters. The van der Waals surface area contributed by atoms with Crippen LogP contribution in [-0.2, 0) is 24.3 Å². The van der Waals surface area contributed by atoms with E-state index in [-0.39, 0.29) is 37.4 Å². The summed E-state index contributed by atoms with van der Waals surface area (Å²) in [7, 11) is -4.69. The number of carbonyl (C=O) groups excluding carboxylic acids is 2. The summed E-state index contributed by atoms with van der Waals surface area (Å²) in [5, 5.41) is 7.08. The Bertz CT molecular complexity index is 590. The number of nitrogens with zero attached hydrogens (tertiary/aromatic N) is 2. The van der Waals surface area contributed by atoms with Gasteiger partial charge < -0.3 is 10.6 Å².